The summed E-state index contributed by atoms with van der Waals surface area (Å²) in [6.45, 7) is 3.82. The van der Waals surface area contributed by atoms with Crippen LogP contribution in [0.1, 0.15) is 32.6 Å². The minimum absolute atomic E-state index is 0.159. The third-order valence-electron chi connectivity index (χ3n) is 6.28. The monoisotopic (exact) mass is 535 g/mol. The van der Waals surface area contributed by atoms with E-state index >= 15 is 0 Å². The van der Waals surface area contributed by atoms with Crippen molar-refractivity contribution in [2.24, 2.45) is 4.99 Å². The van der Waals surface area contributed by atoms with Crippen LogP contribution in [0.15, 0.2) is 71.0 Å². The number of fused-ring (bicyclic) bond motifs is 1. The molecule has 2 heterocycles. The molecule has 0 fully saturated rings. The lowest BCUT2D eigenvalue weighted by molar-refractivity contribution is -0.137. The molecule has 0 aliphatic rings. The van der Waals surface area contributed by atoms with Crippen LogP contribution in [-0.4, -0.2) is 31.9 Å². The first kappa shape index (κ1) is 25.2. The molecule has 2 N–H and O–H groups in total. The summed E-state index contributed by atoms with van der Waals surface area (Å²) in [6, 6.07) is 15.0. The van der Waals surface area contributed by atoms with Gasteiger partial charge >= 0.3 is 12.1 Å². The summed E-state index contributed by atoms with van der Waals surface area (Å²) in [5, 5.41) is 22.8. The second kappa shape index (κ2) is 9.46. The van der Waals surface area contributed by atoms with Gasteiger partial charge in [-0.05, 0) is 61.4 Å². The van der Waals surface area contributed by atoms with Crippen LogP contribution < -0.4 is 0 Å². The minimum atomic E-state index is -4.55. The lowest BCUT2D eigenvalue weighted by Crippen LogP contribution is -2.05. The van der Waals surface area contributed by atoms with Crippen LogP contribution in [0.2, 0.25) is 0 Å². The van der Waals surface area contributed by atoms with Crippen molar-refractivity contribution in [2.45, 2.75) is 20.0 Å². The van der Waals surface area contributed by atoms with Gasteiger partial charge in [-0.2, -0.15) is 13.2 Å². The van der Waals surface area contributed by atoms with Gasteiger partial charge in [0.1, 0.15) is 0 Å². The van der Waals surface area contributed by atoms with Crippen molar-refractivity contribution < 1.29 is 28.2 Å². The van der Waals surface area contributed by atoms with Gasteiger partial charge in [0, 0.05) is 28.2 Å². The van der Waals surface area contributed by atoms with Crippen molar-refractivity contribution >= 4 is 39.6 Å². The first-order valence-electron chi connectivity index (χ1n) is 11.4. The maximum Gasteiger partial charge on any atom is 0.416 e. The van der Waals surface area contributed by atoms with E-state index in [4.69, 9.17) is 5.11 Å². The van der Waals surface area contributed by atoms with Gasteiger partial charge in [-0.15, -0.1) is 11.3 Å². The van der Waals surface area contributed by atoms with Gasteiger partial charge in [-0.3, -0.25) is 4.57 Å². The molecule has 0 spiro atoms. The molecule has 0 amide bonds. The summed E-state index contributed by atoms with van der Waals surface area (Å²) in [5.74, 6) is -1.27. The largest absolute Gasteiger partial charge is 0.494 e. The highest BCUT2D eigenvalue weighted by Crippen LogP contribution is 2.38. The zero-order valence-electron chi connectivity index (χ0n) is 20.1. The molecule has 2 aromatic heterocycles. The zero-order chi connectivity index (χ0) is 27.2. The third-order valence-corrected chi connectivity index (χ3v) is 7.03. The Kier molecular flexibility index (Phi) is 6.28. The number of hydrogen-bond donors (Lipinski definition) is 2. The molecule has 0 aliphatic heterocycles. The van der Waals surface area contributed by atoms with E-state index in [1.54, 1.807) is 29.6 Å². The quantitative estimate of drug-likeness (QED) is 0.228. The number of thiazole rings is 1. The summed E-state index contributed by atoms with van der Waals surface area (Å²) < 4.78 is 41.9. The predicted molar refractivity (Wildman–Crippen MR) is 141 cm³/mol. The summed E-state index contributed by atoms with van der Waals surface area (Å²) >= 11 is 1.24. The van der Waals surface area contributed by atoms with E-state index in [1.807, 2.05) is 19.9 Å². The molecule has 0 saturated carbocycles. The van der Waals surface area contributed by atoms with Crippen LogP contribution in [0.25, 0.3) is 27.8 Å². The molecule has 10 heteroatoms. The fraction of sp³-hybridized carbons (Fsp3) is 0.107. The first-order valence-corrected chi connectivity index (χ1v) is 12.3. The van der Waals surface area contributed by atoms with Gasteiger partial charge in [0.2, 0.25) is 11.0 Å². The van der Waals surface area contributed by atoms with Crippen molar-refractivity contribution in [2.75, 3.05) is 0 Å². The SMILES string of the molecule is Cc1ccc(-n2c(O)c(/C=N/c3nc(-c4ccc(C(=O)O)cc4)cs3)c3ccc(C(F)(F)F)cc32)cc1C. The number of carboxylic acid groups (broad SMARTS) is 1. The van der Waals surface area contributed by atoms with Crippen molar-refractivity contribution in [1.82, 2.24) is 9.55 Å². The van der Waals surface area contributed by atoms with Gasteiger partial charge in [-0.25, -0.2) is 14.8 Å². The molecule has 0 aliphatic carbocycles. The number of alkyl halides is 3. The van der Waals surface area contributed by atoms with Crippen LogP contribution in [-0.2, 0) is 6.18 Å². The number of halogens is 3. The van der Waals surface area contributed by atoms with Crippen molar-refractivity contribution in [3.05, 3.63) is 93.9 Å². The number of nitrogens with zero attached hydrogens (tertiary/aromatic N) is 3. The second-order valence-electron chi connectivity index (χ2n) is 8.73. The van der Waals surface area contributed by atoms with E-state index in [1.165, 1.54) is 40.3 Å². The molecular weight excluding hydrogens is 515 g/mol. The summed E-state index contributed by atoms with van der Waals surface area (Å²) in [6.07, 6.45) is -3.16. The maximum absolute atomic E-state index is 13.5. The average Bonchev–Trinajstić information content (AvgIpc) is 3.45. The molecule has 0 atom stereocenters. The lowest BCUT2D eigenvalue weighted by Gasteiger charge is -2.11. The van der Waals surface area contributed by atoms with Gasteiger partial charge < -0.3 is 10.2 Å². The molecule has 192 valence electrons. The highest BCUT2D eigenvalue weighted by molar-refractivity contribution is 7.13. The highest BCUT2D eigenvalue weighted by Gasteiger charge is 2.31. The summed E-state index contributed by atoms with van der Waals surface area (Å²) in [7, 11) is 0. The number of hydrogen-bond acceptors (Lipinski definition) is 5. The van der Waals surface area contributed by atoms with E-state index in [9.17, 15) is 23.1 Å². The molecule has 0 radical (unpaired) electrons. The Hall–Kier alpha value is -4.44. The van der Waals surface area contributed by atoms with E-state index in [0.29, 0.717) is 27.5 Å². The lowest BCUT2D eigenvalue weighted by atomic mass is 10.1. The van der Waals surface area contributed by atoms with Crippen LogP contribution in [0, 0.1) is 13.8 Å². The topological polar surface area (TPSA) is 87.7 Å². The number of aliphatic imine (C=N–C) groups is 1. The molecule has 0 bridgehead atoms. The van der Waals surface area contributed by atoms with Crippen molar-refractivity contribution in [1.29, 1.82) is 0 Å². The zero-order valence-corrected chi connectivity index (χ0v) is 20.9. The van der Waals surface area contributed by atoms with E-state index in [-0.39, 0.29) is 22.5 Å². The van der Waals surface area contributed by atoms with E-state index in [0.717, 1.165) is 23.3 Å². The number of carboxylic acids is 1. The number of aryl methyl sites for hydroxylation is 2. The Balaban J connectivity index is 1.58. The third kappa shape index (κ3) is 4.66. The Morgan fingerprint density at radius 3 is 2.42 bits per heavy atom. The standard InChI is InChI=1S/C28H20F3N3O3S/c1-15-3-9-20(11-16(15)2)34-24-12-19(28(29,30)31)8-10-21(24)22(25(34)35)13-32-27-33-23(14-38-27)17-4-6-18(7-5-17)26(36)37/h3-14,35H,1-2H3,(H,36,37)/b32-13+. The molecule has 5 aromatic rings. The van der Waals surface area contributed by atoms with Crippen molar-refractivity contribution in [3.63, 3.8) is 0 Å². The van der Waals surface area contributed by atoms with E-state index in [2.05, 4.69) is 9.98 Å². The number of aromatic hydroxyl groups is 1. The fourth-order valence-corrected chi connectivity index (χ4v) is 4.76. The summed E-state index contributed by atoms with van der Waals surface area (Å²) in [4.78, 5) is 19.9. The molecule has 38 heavy (non-hydrogen) atoms. The van der Waals surface area contributed by atoms with Crippen LogP contribution >= 0.6 is 11.3 Å². The highest BCUT2D eigenvalue weighted by atomic mass is 32.1. The Labute approximate surface area is 219 Å². The molecule has 0 unspecified atom stereocenters. The number of rotatable bonds is 5. The summed E-state index contributed by atoms with van der Waals surface area (Å²) in [5.41, 5.74) is 3.56. The first-order chi connectivity index (χ1) is 18.0. The smallest absolute Gasteiger partial charge is 0.416 e. The minimum Gasteiger partial charge on any atom is -0.494 e. The average molecular weight is 536 g/mol. The van der Waals surface area contributed by atoms with Crippen LogP contribution in [0.4, 0.5) is 18.3 Å². The molecule has 3 aromatic carbocycles. The Morgan fingerprint density at radius 2 is 1.76 bits per heavy atom. The Morgan fingerprint density at radius 1 is 1.03 bits per heavy atom. The number of aromatic nitrogens is 2. The van der Waals surface area contributed by atoms with Gasteiger partial charge in [0.15, 0.2) is 0 Å². The van der Waals surface area contributed by atoms with Crippen molar-refractivity contribution in [3.8, 4) is 22.8 Å². The van der Waals surface area contributed by atoms with Crippen LogP contribution in [0.5, 0.6) is 5.88 Å². The maximum atomic E-state index is 13.5. The van der Waals surface area contributed by atoms with Gasteiger partial charge in [-0.1, -0.05) is 24.3 Å². The van der Waals surface area contributed by atoms with Gasteiger partial charge in [0.05, 0.1) is 27.9 Å². The van der Waals surface area contributed by atoms with E-state index < -0.39 is 17.7 Å². The number of benzene rings is 3. The molecule has 5 rings (SSSR count). The van der Waals surface area contributed by atoms with Crippen LogP contribution in [0.3, 0.4) is 0 Å². The van der Waals surface area contributed by atoms with Gasteiger partial charge in [0.25, 0.3) is 0 Å². The molecule has 0 saturated heterocycles. The predicted octanol–water partition coefficient (Wildman–Crippen LogP) is 7.54. The molecular formula is C28H20F3N3O3S. The number of carbonyl (C=O) groups is 1. The molecule has 6 nitrogen and oxygen atoms in total. The normalized spacial score (nSPS) is 12.0. The second-order valence-corrected chi connectivity index (χ2v) is 9.56. The number of aromatic carboxylic acids is 1. The Bertz CT molecular complexity index is 1720. The fourth-order valence-electron chi connectivity index (χ4n) is 4.09.